The molecule has 0 radical (unpaired) electrons. The molecule has 1 amide bonds. The highest BCUT2D eigenvalue weighted by atomic mass is 32.2. The Kier molecular flexibility index (Phi) is 8.96. The smallest absolute Gasteiger partial charge is 0.261 e. The van der Waals surface area contributed by atoms with Gasteiger partial charge >= 0.3 is 0 Å². The van der Waals surface area contributed by atoms with E-state index >= 15 is 0 Å². The number of carbonyl (C=O) groups excluding carboxylic acids is 1. The van der Waals surface area contributed by atoms with Crippen LogP contribution in [0, 0.1) is 5.82 Å². The molecule has 0 bridgehead atoms. The normalized spacial score (nSPS) is 12.7. The number of hydrogen-bond acceptors (Lipinski definition) is 7. The lowest BCUT2D eigenvalue weighted by Crippen LogP contribution is -2.39. The van der Waals surface area contributed by atoms with Crippen LogP contribution in [0.1, 0.15) is 12.0 Å². The first-order valence-electron chi connectivity index (χ1n) is 11.3. The number of nitrogens with zero attached hydrogens (tertiary/aromatic N) is 2. The van der Waals surface area contributed by atoms with E-state index < -0.39 is 21.0 Å². The molecule has 0 saturated carbocycles. The molecular weight excluding hydrogens is 489 g/mol. The summed E-state index contributed by atoms with van der Waals surface area (Å²) in [4.78, 5) is 26.7. The molecule has 0 fully saturated rings. The van der Waals surface area contributed by atoms with Crippen molar-refractivity contribution in [3.05, 3.63) is 70.4 Å². The Bertz CT molecular complexity index is 1410. The van der Waals surface area contributed by atoms with Gasteiger partial charge in [0.2, 0.25) is 0 Å². The van der Waals surface area contributed by atoms with Gasteiger partial charge in [-0.3, -0.25) is 19.7 Å². The number of likely N-dealkylation sites (N-methyl/N-ethyl adjacent to an activating group) is 1. The largest absolute Gasteiger partial charge is 0.383 e. The molecule has 36 heavy (non-hydrogen) atoms. The van der Waals surface area contributed by atoms with Gasteiger partial charge in [0, 0.05) is 50.1 Å². The maximum absolute atomic E-state index is 14.9. The fourth-order valence-electron chi connectivity index (χ4n) is 4.03. The summed E-state index contributed by atoms with van der Waals surface area (Å²) in [7, 11) is -0.220. The van der Waals surface area contributed by atoms with Crippen LogP contribution in [0.2, 0.25) is 0 Å². The van der Waals surface area contributed by atoms with Crippen LogP contribution in [0.5, 0.6) is 0 Å². The number of carbonyl (C=O) groups is 1. The molecule has 2 N–H and O–H groups in total. The van der Waals surface area contributed by atoms with E-state index in [1.54, 1.807) is 37.4 Å². The van der Waals surface area contributed by atoms with Crippen LogP contribution in [0.3, 0.4) is 0 Å². The van der Waals surface area contributed by atoms with Crippen LogP contribution in [0.15, 0.2) is 53.5 Å². The molecule has 0 spiro atoms. The number of hydrogen-bond donors (Lipinski definition) is 2. The minimum absolute atomic E-state index is 0.0450. The molecule has 1 atom stereocenters. The number of ether oxygens (including phenoxy) is 1. The van der Waals surface area contributed by atoms with Gasteiger partial charge < -0.3 is 9.30 Å². The summed E-state index contributed by atoms with van der Waals surface area (Å²) in [5.41, 5.74) is 2.85. The second-order valence-electron chi connectivity index (χ2n) is 8.74. The monoisotopic (exact) mass is 519 g/mol. The highest BCUT2D eigenvalue weighted by molar-refractivity contribution is 7.92. The van der Waals surface area contributed by atoms with Crippen molar-refractivity contribution in [2.45, 2.75) is 24.8 Å². The number of amides is 1. The molecule has 1 heterocycles. The number of fused-ring (bicyclic) bond motifs is 1. The van der Waals surface area contributed by atoms with Gasteiger partial charge in [-0.05, 0) is 54.2 Å². The predicted octanol–water partition coefficient (Wildman–Crippen LogP) is 2.19. The molecule has 0 unspecified atom stereocenters. The third-order valence-electron chi connectivity index (χ3n) is 6.00. The van der Waals surface area contributed by atoms with Crippen LogP contribution in [-0.4, -0.2) is 67.8 Å². The number of pyridine rings is 1. The number of aryl methyl sites for hydroxylation is 1. The Morgan fingerprint density at radius 3 is 2.61 bits per heavy atom. The van der Waals surface area contributed by atoms with E-state index in [1.807, 2.05) is 18.0 Å². The predicted molar refractivity (Wildman–Crippen MR) is 135 cm³/mol. The van der Waals surface area contributed by atoms with E-state index in [0.29, 0.717) is 35.1 Å². The van der Waals surface area contributed by atoms with Crippen LogP contribution in [0.4, 0.5) is 4.39 Å². The molecule has 3 aromatic rings. The minimum Gasteiger partial charge on any atom is -0.383 e. The SMILES string of the molecule is COCCN(C)Cc1ccc(-c2ccc3c(=O)n(CC[C@H](C(=O)NO)S(C)(=O)=O)ccc3c2)c(F)c1. The molecule has 3 rings (SSSR count). The van der Waals surface area contributed by atoms with Gasteiger partial charge in [-0.15, -0.1) is 0 Å². The molecule has 2 aromatic carbocycles. The summed E-state index contributed by atoms with van der Waals surface area (Å²) in [5.74, 6) is -1.42. The lowest BCUT2D eigenvalue weighted by atomic mass is 10.00. The second-order valence-corrected chi connectivity index (χ2v) is 11.0. The van der Waals surface area contributed by atoms with Crippen molar-refractivity contribution >= 4 is 26.5 Å². The van der Waals surface area contributed by atoms with Gasteiger partial charge in [0.1, 0.15) is 11.1 Å². The molecular formula is C25H30FN3O6S. The summed E-state index contributed by atoms with van der Waals surface area (Å²) in [5, 5.41) is 8.31. The summed E-state index contributed by atoms with van der Waals surface area (Å²) in [6.07, 6.45) is 2.20. The second kappa shape index (κ2) is 11.7. The van der Waals surface area contributed by atoms with Crippen LogP contribution >= 0.6 is 0 Å². The van der Waals surface area contributed by atoms with Gasteiger partial charge in [-0.2, -0.15) is 0 Å². The Hall–Kier alpha value is -3.12. The van der Waals surface area contributed by atoms with E-state index in [2.05, 4.69) is 0 Å². The topological polar surface area (TPSA) is 118 Å². The quantitative estimate of drug-likeness (QED) is 0.295. The summed E-state index contributed by atoms with van der Waals surface area (Å²) < 4.78 is 45.0. The number of nitrogens with one attached hydrogen (secondary N) is 1. The Labute approximate surface area is 209 Å². The van der Waals surface area contributed by atoms with E-state index in [0.717, 1.165) is 18.4 Å². The number of rotatable bonds is 11. The highest BCUT2D eigenvalue weighted by Gasteiger charge is 2.28. The van der Waals surface area contributed by atoms with Crippen molar-refractivity contribution in [1.29, 1.82) is 0 Å². The van der Waals surface area contributed by atoms with E-state index in [1.165, 1.54) is 22.3 Å². The minimum atomic E-state index is -3.79. The molecule has 1 aromatic heterocycles. The van der Waals surface area contributed by atoms with Crippen molar-refractivity contribution in [2.24, 2.45) is 0 Å². The van der Waals surface area contributed by atoms with Gasteiger partial charge in [-0.1, -0.05) is 18.2 Å². The van der Waals surface area contributed by atoms with Crippen molar-refractivity contribution < 1.29 is 27.5 Å². The first kappa shape index (κ1) is 27.5. The number of benzene rings is 2. The van der Waals surface area contributed by atoms with Gasteiger partial charge in [0.05, 0.1) is 6.61 Å². The van der Waals surface area contributed by atoms with Gasteiger partial charge in [0.15, 0.2) is 9.84 Å². The summed E-state index contributed by atoms with van der Waals surface area (Å²) in [6.45, 7) is 1.85. The van der Waals surface area contributed by atoms with Crippen LogP contribution < -0.4 is 11.0 Å². The number of aromatic nitrogens is 1. The van der Waals surface area contributed by atoms with Crippen LogP contribution in [-0.2, 0) is 32.5 Å². The molecule has 0 saturated heterocycles. The number of hydroxylamine groups is 1. The molecule has 9 nitrogen and oxygen atoms in total. The lowest BCUT2D eigenvalue weighted by molar-refractivity contribution is -0.128. The zero-order chi connectivity index (χ0) is 26.5. The molecule has 0 aliphatic heterocycles. The third kappa shape index (κ3) is 6.55. The van der Waals surface area contributed by atoms with E-state index in [4.69, 9.17) is 9.94 Å². The Morgan fingerprint density at radius 2 is 1.97 bits per heavy atom. The first-order chi connectivity index (χ1) is 17.0. The van der Waals surface area contributed by atoms with Crippen molar-refractivity contribution in [2.75, 3.05) is 33.6 Å². The molecule has 0 aliphatic carbocycles. The zero-order valence-electron chi connectivity index (χ0n) is 20.4. The maximum Gasteiger partial charge on any atom is 0.261 e. The fourth-order valence-corrected chi connectivity index (χ4v) is 5.00. The van der Waals surface area contributed by atoms with E-state index in [9.17, 15) is 22.4 Å². The molecule has 0 aliphatic rings. The molecule has 194 valence electrons. The fraction of sp³-hybridized carbons (Fsp3) is 0.360. The number of halogens is 1. The van der Waals surface area contributed by atoms with Crippen LogP contribution in [0.25, 0.3) is 21.9 Å². The highest BCUT2D eigenvalue weighted by Crippen LogP contribution is 2.27. The average molecular weight is 520 g/mol. The van der Waals surface area contributed by atoms with Gasteiger partial charge in [-0.25, -0.2) is 18.3 Å². The molecule has 11 heteroatoms. The van der Waals surface area contributed by atoms with E-state index in [-0.39, 0.29) is 24.3 Å². The average Bonchev–Trinajstić information content (AvgIpc) is 2.83. The number of methoxy groups -OCH3 is 1. The Morgan fingerprint density at radius 1 is 1.22 bits per heavy atom. The van der Waals surface area contributed by atoms with Gasteiger partial charge in [0.25, 0.3) is 11.5 Å². The summed E-state index contributed by atoms with van der Waals surface area (Å²) >= 11 is 0. The maximum atomic E-state index is 14.9. The van der Waals surface area contributed by atoms with Crippen molar-refractivity contribution in [3.63, 3.8) is 0 Å². The number of sulfone groups is 1. The lowest BCUT2D eigenvalue weighted by Gasteiger charge is -2.16. The third-order valence-corrected chi connectivity index (χ3v) is 7.49. The first-order valence-corrected chi connectivity index (χ1v) is 13.2. The van der Waals surface area contributed by atoms with Crippen molar-refractivity contribution in [1.82, 2.24) is 14.9 Å². The summed E-state index contributed by atoms with van der Waals surface area (Å²) in [6, 6.07) is 11.8. The Balaban J connectivity index is 1.83. The zero-order valence-corrected chi connectivity index (χ0v) is 21.2. The standard InChI is InChI=1S/C25H30FN3O6S/c1-28(12-13-35-2)16-17-4-6-20(22(26)14-17)18-5-7-21-19(15-18)8-10-29(25(21)31)11-9-23(24(30)27-32)36(3,33)34/h4-8,10,14-15,23,32H,9,11-13,16H2,1-3H3,(H,27,30)/t23-/m1/s1. The van der Waals surface area contributed by atoms with Crippen molar-refractivity contribution in [3.8, 4) is 11.1 Å².